The van der Waals surface area contributed by atoms with E-state index in [2.05, 4.69) is 15.2 Å². The fourth-order valence-electron chi connectivity index (χ4n) is 4.76. The summed E-state index contributed by atoms with van der Waals surface area (Å²) in [7, 11) is 0. The first-order valence-corrected chi connectivity index (χ1v) is 11.6. The average Bonchev–Trinajstić information content (AvgIpc) is 3.39. The van der Waals surface area contributed by atoms with Crippen molar-refractivity contribution in [1.29, 1.82) is 0 Å². The maximum Gasteiger partial charge on any atom is 0.271 e. The van der Waals surface area contributed by atoms with Crippen LogP contribution in [0.5, 0.6) is 0 Å². The van der Waals surface area contributed by atoms with Gasteiger partial charge in [-0.2, -0.15) is 5.10 Å². The van der Waals surface area contributed by atoms with Crippen molar-refractivity contribution in [1.82, 2.24) is 25.0 Å². The largest absolute Gasteiger partial charge is 0.366 e. The first-order chi connectivity index (χ1) is 16.6. The van der Waals surface area contributed by atoms with Crippen molar-refractivity contribution in [2.45, 2.75) is 12.8 Å². The summed E-state index contributed by atoms with van der Waals surface area (Å²) in [6.07, 6.45) is 4.93. The molecule has 1 atom stereocenters. The van der Waals surface area contributed by atoms with Crippen LogP contribution in [0.25, 0.3) is 11.3 Å². The van der Waals surface area contributed by atoms with Crippen molar-refractivity contribution < 1.29 is 14.0 Å². The lowest BCUT2D eigenvalue weighted by molar-refractivity contribution is -0.137. The molecule has 1 unspecified atom stereocenters. The van der Waals surface area contributed by atoms with Crippen LogP contribution in [0.3, 0.4) is 0 Å². The molecule has 0 saturated carbocycles. The zero-order chi connectivity index (χ0) is 23.5. The molecule has 0 aliphatic carbocycles. The third-order valence-corrected chi connectivity index (χ3v) is 6.61. The van der Waals surface area contributed by atoms with E-state index in [0.29, 0.717) is 56.3 Å². The quantitative estimate of drug-likeness (QED) is 0.645. The third-order valence-electron chi connectivity index (χ3n) is 6.61. The molecule has 8 nitrogen and oxygen atoms in total. The van der Waals surface area contributed by atoms with Crippen molar-refractivity contribution in [2.75, 3.05) is 44.2 Å². The summed E-state index contributed by atoms with van der Waals surface area (Å²) in [5.41, 5.74) is 2.48. The number of benzene rings is 1. The van der Waals surface area contributed by atoms with E-state index in [0.717, 1.165) is 18.4 Å². The number of hydrogen-bond donors (Lipinski definition) is 1. The van der Waals surface area contributed by atoms with E-state index in [1.54, 1.807) is 35.5 Å². The minimum Gasteiger partial charge on any atom is -0.366 e. The normalized spacial score (nSPS) is 18.7. The minimum atomic E-state index is -0.241. The molecule has 2 aliphatic rings. The highest BCUT2D eigenvalue weighted by Crippen LogP contribution is 2.24. The van der Waals surface area contributed by atoms with Crippen LogP contribution >= 0.6 is 0 Å². The number of amides is 2. The van der Waals surface area contributed by atoms with Gasteiger partial charge in [-0.3, -0.25) is 19.7 Å². The lowest BCUT2D eigenvalue weighted by atomic mass is 9.95. The van der Waals surface area contributed by atoms with Crippen molar-refractivity contribution in [3.05, 3.63) is 66.4 Å². The van der Waals surface area contributed by atoms with Crippen LogP contribution in [-0.2, 0) is 4.79 Å². The minimum absolute atomic E-state index is 0.0753. The van der Waals surface area contributed by atoms with Gasteiger partial charge in [0.25, 0.3) is 5.91 Å². The first kappa shape index (κ1) is 22.1. The number of rotatable bonds is 4. The van der Waals surface area contributed by atoms with E-state index < -0.39 is 0 Å². The topological polar surface area (TPSA) is 85.4 Å². The standard InChI is InChI=1S/C25H27FN6O2/c26-20-7-1-2-8-23(20)30-11-13-31(14-12-30)24(33)19-6-4-10-32(17-19)25(34)22-15-21(28-29-22)18-5-3-9-27-16-18/h1-3,5,7-9,15-16,19H,4,6,10-14,17H2,(H,28,29). The van der Waals surface area contributed by atoms with E-state index in [1.165, 1.54) is 6.07 Å². The molecule has 2 aromatic heterocycles. The molecular weight excluding hydrogens is 435 g/mol. The van der Waals surface area contributed by atoms with E-state index in [9.17, 15) is 14.0 Å². The number of anilines is 1. The zero-order valence-corrected chi connectivity index (χ0v) is 18.9. The molecule has 2 aliphatic heterocycles. The second kappa shape index (κ2) is 9.62. The Balaban J connectivity index is 1.19. The Labute approximate surface area is 197 Å². The number of halogens is 1. The number of H-pyrrole nitrogens is 1. The molecule has 3 aromatic rings. The van der Waals surface area contributed by atoms with Gasteiger partial charge < -0.3 is 14.7 Å². The van der Waals surface area contributed by atoms with Gasteiger partial charge in [0, 0.05) is 57.2 Å². The number of para-hydroxylation sites is 1. The Morgan fingerprint density at radius 3 is 2.59 bits per heavy atom. The molecule has 5 rings (SSSR count). The van der Waals surface area contributed by atoms with Gasteiger partial charge in [0.15, 0.2) is 0 Å². The summed E-state index contributed by atoms with van der Waals surface area (Å²) >= 11 is 0. The van der Waals surface area contributed by atoms with Crippen LogP contribution in [0.2, 0.25) is 0 Å². The number of piperazine rings is 1. The fraction of sp³-hybridized carbons (Fsp3) is 0.360. The molecule has 176 valence electrons. The smallest absolute Gasteiger partial charge is 0.271 e. The van der Waals surface area contributed by atoms with Gasteiger partial charge in [-0.1, -0.05) is 12.1 Å². The van der Waals surface area contributed by atoms with Crippen LogP contribution in [0.1, 0.15) is 23.3 Å². The number of piperidine rings is 1. The van der Waals surface area contributed by atoms with E-state index in [-0.39, 0.29) is 23.5 Å². The Hall–Kier alpha value is -3.75. The van der Waals surface area contributed by atoms with Gasteiger partial charge in [0.1, 0.15) is 11.5 Å². The molecule has 0 spiro atoms. The monoisotopic (exact) mass is 462 g/mol. The molecule has 34 heavy (non-hydrogen) atoms. The van der Waals surface area contributed by atoms with Gasteiger partial charge in [-0.15, -0.1) is 0 Å². The molecule has 9 heteroatoms. The fourth-order valence-corrected chi connectivity index (χ4v) is 4.76. The van der Waals surface area contributed by atoms with Gasteiger partial charge >= 0.3 is 0 Å². The third kappa shape index (κ3) is 4.50. The highest BCUT2D eigenvalue weighted by atomic mass is 19.1. The van der Waals surface area contributed by atoms with Gasteiger partial charge in [-0.05, 0) is 43.2 Å². The number of aromatic nitrogens is 3. The number of likely N-dealkylation sites (tertiary alicyclic amines) is 1. The van der Waals surface area contributed by atoms with Gasteiger partial charge in [-0.25, -0.2) is 4.39 Å². The molecule has 0 radical (unpaired) electrons. The Morgan fingerprint density at radius 2 is 1.82 bits per heavy atom. The summed E-state index contributed by atoms with van der Waals surface area (Å²) in [4.78, 5) is 36.0. The van der Waals surface area contributed by atoms with Crippen LogP contribution in [0.4, 0.5) is 10.1 Å². The highest BCUT2D eigenvalue weighted by molar-refractivity contribution is 5.94. The summed E-state index contributed by atoms with van der Waals surface area (Å²) in [6, 6.07) is 12.2. The lowest BCUT2D eigenvalue weighted by Crippen LogP contribution is -2.53. The number of aromatic amines is 1. The predicted molar refractivity (Wildman–Crippen MR) is 126 cm³/mol. The summed E-state index contributed by atoms with van der Waals surface area (Å²) in [5.74, 6) is -0.538. The van der Waals surface area contributed by atoms with Crippen LogP contribution in [-0.4, -0.2) is 76.1 Å². The van der Waals surface area contributed by atoms with Crippen molar-refractivity contribution in [3.8, 4) is 11.3 Å². The average molecular weight is 463 g/mol. The molecule has 2 amide bonds. The summed E-state index contributed by atoms with van der Waals surface area (Å²) in [6.45, 7) is 3.29. The lowest BCUT2D eigenvalue weighted by Gasteiger charge is -2.39. The molecule has 2 saturated heterocycles. The molecule has 1 N–H and O–H groups in total. The number of hydrogen-bond acceptors (Lipinski definition) is 5. The van der Waals surface area contributed by atoms with Crippen LogP contribution < -0.4 is 4.90 Å². The van der Waals surface area contributed by atoms with E-state index in [1.807, 2.05) is 28.0 Å². The van der Waals surface area contributed by atoms with Gasteiger partial charge in [0.2, 0.25) is 5.91 Å². The zero-order valence-electron chi connectivity index (χ0n) is 18.9. The number of pyridine rings is 1. The first-order valence-electron chi connectivity index (χ1n) is 11.6. The van der Waals surface area contributed by atoms with E-state index in [4.69, 9.17) is 0 Å². The Morgan fingerprint density at radius 1 is 1.00 bits per heavy atom. The van der Waals surface area contributed by atoms with Crippen LogP contribution in [0.15, 0.2) is 54.9 Å². The highest BCUT2D eigenvalue weighted by Gasteiger charge is 2.33. The predicted octanol–water partition coefficient (Wildman–Crippen LogP) is 2.81. The van der Waals surface area contributed by atoms with E-state index >= 15 is 0 Å². The second-order valence-electron chi connectivity index (χ2n) is 8.76. The molecule has 2 fully saturated rings. The van der Waals surface area contributed by atoms with Gasteiger partial charge in [0.05, 0.1) is 17.3 Å². The number of nitrogens with zero attached hydrogens (tertiary/aromatic N) is 5. The Kier molecular flexibility index (Phi) is 6.24. The molecule has 1 aromatic carbocycles. The molecular formula is C25H27FN6O2. The SMILES string of the molecule is O=C(c1cc(-c2cccnc2)n[nH]1)N1CCCC(C(=O)N2CCN(c3ccccc3F)CC2)C1. The summed E-state index contributed by atoms with van der Waals surface area (Å²) in [5, 5.41) is 7.08. The van der Waals surface area contributed by atoms with Crippen molar-refractivity contribution in [2.24, 2.45) is 5.92 Å². The maximum atomic E-state index is 14.1. The summed E-state index contributed by atoms with van der Waals surface area (Å²) < 4.78 is 14.1. The number of carbonyl (C=O) groups excluding carboxylic acids is 2. The number of carbonyl (C=O) groups is 2. The van der Waals surface area contributed by atoms with Crippen molar-refractivity contribution in [3.63, 3.8) is 0 Å². The van der Waals surface area contributed by atoms with Crippen molar-refractivity contribution >= 4 is 17.5 Å². The Bertz CT molecular complexity index is 1160. The maximum absolute atomic E-state index is 14.1. The molecule has 4 heterocycles. The second-order valence-corrected chi connectivity index (χ2v) is 8.76. The van der Waals surface area contributed by atoms with Crippen LogP contribution in [0, 0.1) is 11.7 Å². The number of nitrogens with one attached hydrogen (secondary N) is 1. The molecule has 0 bridgehead atoms.